The molecular weight excluding hydrogens is 249 g/mol. The minimum Gasteiger partial charge on any atom is -0.390 e. The van der Waals surface area contributed by atoms with E-state index in [1.807, 2.05) is 0 Å². The molecule has 1 unspecified atom stereocenters. The van der Waals surface area contributed by atoms with E-state index in [0.717, 1.165) is 0 Å². The first-order valence-electron chi connectivity index (χ1n) is 5.92. The fourth-order valence-corrected chi connectivity index (χ4v) is 1.95. The average molecular weight is 272 g/mol. The highest BCUT2D eigenvalue weighted by molar-refractivity contribution is 4.82. The predicted octanol–water partition coefficient (Wildman–Crippen LogP) is 2.77. The molecule has 0 aromatic rings. The van der Waals surface area contributed by atoms with Gasteiger partial charge in [0.1, 0.15) is 6.61 Å². The van der Waals surface area contributed by atoms with Crippen molar-refractivity contribution in [2.45, 2.75) is 45.9 Å². The number of rotatable bonds is 8. The summed E-state index contributed by atoms with van der Waals surface area (Å²) in [7, 11) is 0. The summed E-state index contributed by atoms with van der Waals surface area (Å²) < 4.78 is 46.0. The van der Waals surface area contributed by atoms with Gasteiger partial charge in [0.05, 0.1) is 18.8 Å². The van der Waals surface area contributed by atoms with Crippen LogP contribution < -0.4 is 0 Å². The van der Waals surface area contributed by atoms with Crippen LogP contribution in [0.3, 0.4) is 0 Å². The third kappa shape index (κ3) is 9.67. The molecule has 3 nitrogen and oxygen atoms in total. The first kappa shape index (κ1) is 17.7. The minimum absolute atomic E-state index is 0.101. The number of hydrogen-bond acceptors (Lipinski definition) is 3. The Kier molecular flexibility index (Phi) is 6.60. The molecule has 6 heteroatoms. The summed E-state index contributed by atoms with van der Waals surface area (Å²) in [6.45, 7) is 6.13. The highest BCUT2D eigenvalue weighted by Gasteiger charge is 2.34. The molecule has 0 radical (unpaired) electrons. The Labute approximate surface area is 106 Å². The summed E-state index contributed by atoms with van der Waals surface area (Å²) in [5.74, 6) is 0. The lowest BCUT2D eigenvalue weighted by Gasteiger charge is -2.34. The van der Waals surface area contributed by atoms with E-state index in [9.17, 15) is 18.3 Å². The quantitative estimate of drug-likeness (QED) is 0.738. The van der Waals surface area contributed by atoms with Crippen molar-refractivity contribution in [2.24, 2.45) is 5.41 Å². The first-order chi connectivity index (χ1) is 7.97. The Morgan fingerprint density at radius 3 is 1.83 bits per heavy atom. The van der Waals surface area contributed by atoms with Crippen LogP contribution in [0.2, 0.25) is 0 Å². The Balaban J connectivity index is 4.38. The Hall–Kier alpha value is -0.330. The van der Waals surface area contributed by atoms with E-state index >= 15 is 0 Å². The molecule has 0 saturated carbocycles. The molecule has 0 amide bonds. The summed E-state index contributed by atoms with van der Waals surface area (Å²) in [6, 6.07) is 0. The zero-order valence-corrected chi connectivity index (χ0v) is 11.4. The smallest absolute Gasteiger partial charge is 0.390 e. The van der Waals surface area contributed by atoms with E-state index in [0.29, 0.717) is 13.0 Å². The molecule has 0 aliphatic rings. The predicted molar refractivity (Wildman–Crippen MR) is 62.4 cm³/mol. The maximum Gasteiger partial charge on any atom is 0.411 e. The lowest BCUT2D eigenvalue weighted by Crippen LogP contribution is -2.38. The number of halogens is 3. The maximum atomic E-state index is 12.0. The molecule has 0 bridgehead atoms. The van der Waals surface area contributed by atoms with Crippen molar-refractivity contribution >= 4 is 0 Å². The van der Waals surface area contributed by atoms with Gasteiger partial charge in [-0.1, -0.05) is 6.92 Å². The van der Waals surface area contributed by atoms with Crippen molar-refractivity contribution in [3.8, 4) is 0 Å². The molecule has 0 aromatic carbocycles. The zero-order valence-electron chi connectivity index (χ0n) is 11.4. The van der Waals surface area contributed by atoms with E-state index in [1.54, 1.807) is 27.7 Å². The third-order valence-corrected chi connectivity index (χ3v) is 2.23. The summed E-state index contributed by atoms with van der Waals surface area (Å²) in [5.41, 5.74) is -1.62. The molecule has 18 heavy (non-hydrogen) atoms. The van der Waals surface area contributed by atoms with Gasteiger partial charge < -0.3 is 14.6 Å². The number of alkyl halides is 3. The molecule has 0 aromatic heterocycles. The van der Waals surface area contributed by atoms with Gasteiger partial charge in [-0.15, -0.1) is 0 Å². The van der Waals surface area contributed by atoms with Crippen LogP contribution in [-0.4, -0.2) is 43.3 Å². The summed E-state index contributed by atoms with van der Waals surface area (Å²) in [5, 5.41) is 9.78. The Morgan fingerprint density at radius 1 is 0.944 bits per heavy atom. The minimum atomic E-state index is -4.33. The van der Waals surface area contributed by atoms with Crippen molar-refractivity contribution in [3.05, 3.63) is 0 Å². The van der Waals surface area contributed by atoms with Crippen molar-refractivity contribution < 1.29 is 27.8 Å². The molecule has 0 spiro atoms. The van der Waals surface area contributed by atoms with E-state index in [1.165, 1.54) is 0 Å². The van der Waals surface area contributed by atoms with Gasteiger partial charge in [-0.25, -0.2) is 0 Å². The summed E-state index contributed by atoms with van der Waals surface area (Å²) >= 11 is 0. The highest BCUT2D eigenvalue weighted by atomic mass is 19.4. The first-order valence-corrected chi connectivity index (χ1v) is 5.92. The van der Waals surface area contributed by atoms with Gasteiger partial charge in [-0.3, -0.25) is 0 Å². The molecule has 0 saturated heterocycles. The van der Waals surface area contributed by atoms with Crippen LogP contribution in [0.15, 0.2) is 0 Å². The molecule has 0 fully saturated rings. The van der Waals surface area contributed by atoms with Crippen LogP contribution in [0.4, 0.5) is 13.2 Å². The van der Waals surface area contributed by atoms with Gasteiger partial charge in [0, 0.05) is 12.0 Å². The average Bonchev–Trinajstić information content (AvgIpc) is 2.09. The number of hydrogen-bond donors (Lipinski definition) is 1. The van der Waals surface area contributed by atoms with Crippen molar-refractivity contribution in [3.63, 3.8) is 0 Å². The van der Waals surface area contributed by atoms with E-state index in [2.05, 4.69) is 0 Å². The second-order valence-electron chi connectivity index (χ2n) is 5.54. The number of aliphatic hydroxyl groups is 1. The standard InChI is InChI=1S/C12H23F3O3/c1-5-17-7-11(4,6-10(2,3)16)8-18-9-12(13,14)15/h16H,5-9H2,1-4H3. The van der Waals surface area contributed by atoms with Crippen LogP contribution in [-0.2, 0) is 9.47 Å². The SMILES string of the molecule is CCOCC(C)(COCC(F)(F)F)CC(C)(C)O. The molecule has 1 N–H and O–H groups in total. The molecular formula is C12H23F3O3. The Bertz CT molecular complexity index is 236. The topological polar surface area (TPSA) is 38.7 Å². The molecule has 0 rings (SSSR count). The second kappa shape index (κ2) is 6.73. The Morgan fingerprint density at radius 2 is 1.44 bits per heavy atom. The van der Waals surface area contributed by atoms with Crippen LogP contribution in [0.25, 0.3) is 0 Å². The second-order valence-corrected chi connectivity index (χ2v) is 5.54. The van der Waals surface area contributed by atoms with Crippen molar-refractivity contribution in [1.82, 2.24) is 0 Å². The van der Waals surface area contributed by atoms with Crippen molar-refractivity contribution in [1.29, 1.82) is 0 Å². The molecule has 0 aliphatic heterocycles. The van der Waals surface area contributed by atoms with Crippen LogP contribution in [0, 0.1) is 5.41 Å². The maximum absolute atomic E-state index is 12.0. The highest BCUT2D eigenvalue weighted by Crippen LogP contribution is 2.30. The van der Waals surface area contributed by atoms with Gasteiger partial charge in [-0.2, -0.15) is 13.2 Å². The zero-order chi connectivity index (χ0) is 14.4. The van der Waals surface area contributed by atoms with Crippen LogP contribution >= 0.6 is 0 Å². The fourth-order valence-electron chi connectivity index (χ4n) is 1.95. The van der Waals surface area contributed by atoms with E-state index in [4.69, 9.17) is 9.47 Å². The summed E-state index contributed by atoms with van der Waals surface area (Å²) in [6.07, 6.45) is -4.03. The normalized spacial score (nSPS) is 16.7. The van der Waals surface area contributed by atoms with E-state index in [-0.39, 0.29) is 13.2 Å². The van der Waals surface area contributed by atoms with Crippen LogP contribution in [0.1, 0.15) is 34.1 Å². The monoisotopic (exact) mass is 272 g/mol. The largest absolute Gasteiger partial charge is 0.411 e. The van der Waals surface area contributed by atoms with Crippen molar-refractivity contribution in [2.75, 3.05) is 26.4 Å². The van der Waals surface area contributed by atoms with E-state index < -0.39 is 23.8 Å². The molecule has 0 aliphatic carbocycles. The fraction of sp³-hybridized carbons (Fsp3) is 1.00. The van der Waals surface area contributed by atoms with Gasteiger partial charge in [0.2, 0.25) is 0 Å². The van der Waals surface area contributed by atoms with Gasteiger partial charge in [-0.05, 0) is 27.2 Å². The lowest BCUT2D eigenvalue weighted by atomic mass is 9.81. The van der Waals surface area contributed by atoms with Gasteiger partial charge in [0.25, 0.3) is 0 Å². The van der Waals surface area contributed by atoms with Gasteiger partial charge in [0.15, 0.2) is 0 Å². The third-order valence-electron chi connectivity index (χ3n) is 2.23. The van der Waals surface area contributed by atoms with Crippen LogP contribution in [0.5, 0.6) is 0 Å². The summed E-state index contributed by atoms with van der Waals surface area (Å²) in [4.78, 5) is 0. The number of ether oxygens (including phenoxy) is 2. The molecule has 0 heterocycles. The lowest BCUT2D eigenvalue weighted by molar-refractivity contribution is -0.184. The van der Waals surface area contributed by atoms with Gasteiger partial charge >= 0.3 is 6.18 Å². The molecule has 110 valence electrons. The molecule has 1 atom stereocenters.